The summed E-state index contributed by atoms with van der Waals surface area (Å²) in [5.41, 5.74) is -1.59. The SMILES string of the molecule is Cc1cn([C@]2(O)OC[C@@H](OCP(=O)(O)O)[C@@H]2O)c(=O)[nH]c1=O.[NaH]. The van der Waals surface area contributed by atoms with Gasteiger partial charge in [0.05, 0.1) is 6.61 Å². The molecular weight excluding hydrogens is 346 g/mol. The quantitative estimate of drug-likeness (QED) is 0.272. The first kappa shape index (κ1) is 20.7. The van der Waals surface area contributed by atoms with E-state index in [1.807, 2.05) is 4.98 Å². The van der Waals surface area contributed by atoms with Gasteiger partial charge in [0, 0.05) is 11.8 Å². The Hall–Kier alpha value is -0.330. The number of nitrogens with zero attached hydrogens (tertiary/aromatic N) is 1. The Bertz CT molecular complexity index is 728. The molecule has 126 valence electrons. The molecule has 0 aliphatic carbocycles. The molecular formula is C10H16N2NaO9P. The van der Waals surface area contributed by atoms with E-state index < -0.39 is 49.9 Å². The minimum absolute atomic E-state index is 0. The maximum absolute atomic E-state index is 11.7. The van der Waals surface area contributed by atoms with Crippen molar-refractivity contribution in [2.24, 2.45) is 0 Å². The second kappa shape index (κ2) is 7.28. The topological polar surface area (TPSA) is 171 Å². The van der Waals surface area contributed by atoms with Crippen molar-refractivity contribution in [2.75, 3.05) is 13.0 Å². The zero-order valence-electron chi connectivity index (χ0n) is 11.4. The summed E-state index contributed by atoms with van der Waals surface area (Å²) in [6.45, 7) is 0.962. The van der Waals surface area contributed by atoms with Gasteiger partial charge in [-0.15, -0.1) is 0 Å². The van der Waals surface area contributed by atoms with Gasteiger partial charge < -0.3 is 29.5 Å². The Labute approximate surface area is 151 Å². The Morgan fingerprint density at radius 1 is 1.52 bits per heavy atom. The molecule has 13 heteroatoms. The molecule has 11 nitrogen and oxygen atoms in total. The monoisotopic (exact) mass is 362 g/mol. The molecule has 1 aliphatic heterocycles. The van der Waals surface area contributed by atoms with Gasteiger partial charge in [-0.3, -0.25) is 14.3 Å². The third kappa shape index (κ3) is 4.40. The van der Waals surface area contributed by atoms with Crippen LogP contribution >= 0.6 is 7.60 Å². The number of aliphatic hydroxyl groups excluding tert-OH is 1. The molecule has 0 amide bonds. The molecule has 0 spiro atoms. The molecule has 0 bridgehead atoms. The van der Waals surface area contributed by atoms with Crippen LogP contribution in [0.15, 0.2) is 15.8 Å². The molecule has 0 radical (unpaired) electrons. The van der Waals surface area contributed by atoms with Crippen LogP contribution in [0.1, 0.15) is 5.56 Å². The Balaban J connectivity index is 0.00000264. The van der Waals surface area contributed by atoms with Gasteiger partial charge in [-0.1, -0.05) is 0 Å². The van der Waals surface area contributed by atoms with Crippen molar-refractivity contribution in [3.63, 3.8) is 0 Å². The van der Waals surface area contributed by atoms with Crippen LogP contribution in [0.4, 0.5) is 0 Å². The fourth-order valence-corrected chi connectivity index (χ4v) is 2.36. The van der Waals surface area contributed by atoms with Crippen LogP contribution in [0, 0.1) is 6.92 Å². The first-order valence-electron chi connectivity index (χ1n) is 6.08. The van der Waals surface area contributed by atoms with Crippen LogP contribution in [-0.2, 0) is 19.9 Å². The van der Waals surface area contributed by atoms with E-state index >= 15 is 0 Å². The molecule has 0 unspecified atom stereocenters. The molecule has 2 rings (SSSR count). The van der Waals surface area contributed by atoms with E-state index in [-0.39, 0.29) is 35.1 Å². The minimum atomic E-state index is -4.47. The average molecular weight is 362 g/mol. The second-order valence-corrected chi connectivity index (χ2v) is 6.44. The first-order chi connectivity index (χ1) is 10.0. The molecule has 1 aromatic rings. The summed E-state index contributed by atoms with van der Waals surface area (Å²) in [4.78, 5) is 42.4. The van der Waals surface area contributed by atoms with Crippen LogP contribution in [0.2, 0.25) is 0 Å². The number of nitrogens with one attached hydrogen (secondary N) is 1. The van der Waals surface area contributed by atoms with Crippen molar-refractivity contribution in [1.82, 2.24) is 9.55 Å². The van der Waals surface area contributed by atoms with E-state index in [1.165, 1.54) is 6.92 Å². The van der Waals surface area contributed by atoms with E-state index in [0.29, 0.717) is 4.57 Å². The second-order valence-electron chi connectivity index (χ2n) is 4.85. The number of aromatic nitrogens is 2. The van der Waals surface area contributed by atoms with Crippen molar-refractivity contribution in [3.05, 3.63) is 32.6 Å². The van der Waals surface area contributed by atoms with Gasteiger partial charge >= 0.3 is 42.8 Å². The predicted molar refractivity (Wildman–Crippen MR) is 77.1 cm³/mol. The zero-order chi connectivity index (χ0) is 16.7. The first-order valence-corrected chi connectivity index (χ1v) is 7.88. The van der Waals surface area contributed by atoms with Crippen molar-refractivity contribution >= 4 is 37.2 Å². The molecule has 1 fully saturated rings. The van der Waals surface area contributed by atoms with Crippen molar-refractivity contribution in [2.45, 2.75) is 25.0 Å². The van der Waals surface area contributed by atoms with E-state index in [2.05, 4.69) is 0 Å². The molecule has 23 heavy (non-hydrogen) atoms. The standard InChI is InChI=1S/C10H15N2O9P.Na.H/c1-5-2-12(9(15)11-8(5)14)10(16)7(13)6(3-21-10)20-4-22(17,18)19;;/h2,6-7,13,16H,3-4H2,1H3,(H,11,14,15)(H2,17,18,19);;/t6-,7+,10-;;/m1../s1. The van der Waals surface area contributed by atoms with E-state index in [4.69, 9.17) is 19.3 Å². The molecule has 1 aliphatic rings. The molecule has 0 saturated carbocycles. The third-order valence-electron chi connectivity index (χ3n) is 3.12. The normalized spacial score (nSPS) is 27.7. The Morgan fingerprint density at radius 2 is 2.13 bits per heavy atom. The number of hydrogen-bond donors (Lipinski definition) is 5. The summed E-state index contributed by atoms with van der Waals surface area (Å²) in [7, 11) is -4.47. The number of aliphatic hydroxyl groups is 2. The van der Waals surface area contributed by atoms with E-state index in [0.717, 1.165) is 6.20 Å². The van der Waals surface area contributed by atoms with Crippen LogP contribution in [0.3, 0.4) is 0 Å². The molecule has 0 aromatic carbocycles. The van der Waals surface area contributed by atoms with Crippen LogP contribution in [0.5, 0.6) is 0 Å². The summed E-state index contributed by atoms with van der Waals surface area (Å²) < 4.78 is 21.1. The van der Waals surface area contributed by atoms with Crippen LogP contribution in [-0.4, -0.2) is 84.3 Å². The van der Waals surface area contributed by atoms with Gasteiger partial charge in [-0.25, -0.2) is 9.36 Å². The number of ether oxygens (including phenoxy) is 2. The van der Waals surface area contributed by atoms with Crippen molar-refractivity contribution < 1.29 is 34.0 Å². The van der Waals surface area contributed by atoms with Crippen LogP contribution < -0.4 is 11.2 Å². The molecule has 3 atom stereocenters. The Kier molecular flexibility index (Phi) is 6.55. The predicted octanol–water partition coefficient (Wildman–Crippen LogP) is -3.29. The number of hydrogen-bond acceptors (Lipinski definition) is 7. The van der Waals surface area contributed by atoms with Crippen LogP contribution in [0.25, 0.3) is 0 Å². The van der Waals surface area contributed by atoms with Gasteiger partial charge in [0.2, 0.25) is 0 Å². The summed E-state index contributed by atoms with van der Waals surface area (Å²) in [5.74, 6) is -2.52. The van der Waals surface area contributed by atoms with Gasteiger partial charge in [-0.2, -0.15) is 0 Å². The number of H-pyrrole nitrogens is 1. The number of aromatic amines is 1. The fourth-order valence-electron chi connectivity index (χ4n) is 1.97. The fraction of sp³-hybridized carbons (Fsp3) is 0.600. The summed E-state index contributed by atoms with van der Waals surface area (Å²) in [6, 6.07) is 0. The molecule has 1 saturated heterocycles. The van der Waals surface area contributed by atoms with Crippen molar-refractivity contribution in [1.29, 1.82) is 0 Å². The number of rotatable bonds is 4. The van der Waals surface area contributed by atoms with E-state index in [1.54, 1.807) is 0 Å². The van der Waals surface area contributed by atoms with Gasteiger partial charge in [-0.05, 0) is 6.92 Å². The van der Waals surface area contributed by atoms with Crippen molar-refractivity contribution in [3.8, 4) is 0 Å². The molecule has 1 aromatic heterocycles. The van der Waals surface area contributed by atoms with Gasteiger partial charge in [0.25, 0.3) is 11.5 Å². The molecule has 2 heterocycles. The van der Waals surface area contributed by atoms with E-state index in [9.17, 15) is 24.4 Å². The zero-order valence-corrected chi connectivity index (χ0v) is 12.3. The molecule has 5 N–H and O–H groups in total. The van der Waals surface area contributed by atoms with Gasteiger partial charge in [0.1, 0.15) is 12.5 Å². The summed E-state index contributed by atoms with van der Waals surface area (Å²) >= 11 is 0. The Morgan fingerprint density at radius 3 is 2.70 bits per heavy atom. The number of aryl methyl sites for hydroxylation is 1. The average Bonchev–Trinajstić information content (AvgIpc) is 2.68. The van der Waals surface area contributed by atoms with Gasteiger partial charge in [0.15, 0.2) is 6.10 Å². The maximum atomic E-state index is 11.7. The third-order valence-corrected chi connectivity index (χ3v) is 3.61. The summed E-state index contributed by atoms with van der Waals surface area (Å²) in [5, 5.41) is 20.4. The summed E-state index contributed by atoms with van der Waals surface area (Å²) in [6.07, 6.45) is -3.05.